The minimum atomic E-state index is -4.80. The number of aryl methyl sites for hydroxylation is 2. The van der Waals surface area contributed by atoms with Crippen LogP contribution in [-0.2, 0) is 0 Å². The second-order valence-corrected chi connectivity index (χ2v) is 11.1. The number of nitrogens with zero attached hydrogens (tertiary/aromatic N) is 4. The van der Waals surface area contributed by atoms with E-state index in [1.807, 2.05) is 0 Å². The number of hydrogen-bond donors (Lipinski definition) is 2. The number of alkyl halides is 6. The number of nitrogens with two attached hydrogens (primary N) is 1. The Kier molecular flexibility index (Phi) is 12.1. The summed E-state index contributed by atoms with van der Waals surface area (Å²) in [5, 5.41) is 27.4. The van der Waals surface area contributed by atoms with E-state index in [1.165, 1.54) is 54.9 Å². The SMILES string of the molecule is Cc1ccc2c(Cl)nccc2c1[N+](=O)[O-].Cc1ccc2c(Nc3cccc(OC(F)(F)F)c3)nccc2c1[N+](=O)[O-].Nc1cccc(OC(F)(F)F)c1. The van der Waals surface area contributed by atoms with Crippen LogP contribution < -0.4 is 20.5 Å². The maximum atomic E-state index is 12.3. The van der Waals surface area contributed by atoms with Crippen LogP contribution in [0.2, 0.25) is 5.15 Å². The van der Waals surface area contributed by atoms with Gasteiger partial charge in [0.1, 0.15) is 22.5 Å². The molecule has 6 rings (SSSR count). The zero-order chi connectivity index (χ0) is 39.1. The van der Waals surface area contributed by atoms with Crippen LogP contribution in [0, 0.1) is 34.1 Å². The minimum Gasteiger partial charge on any atom is -0.406 e. The molecule has 53 heavy (non-hydrogen) atoms. The number of ether oxygens (including phenoxy) is 2. The number of halogens is 7. The maximum Gasteiger partial charge on any atom is 0.573 e. The Morgan fingerprint density at radius 2 is 1.17 bits per heavy atom. The van der Waals surface area contributed by atoms with Crippen molar-refractivity contribution in [2.24, 2.45) is 0 Å². The molecule has 0 spiro atoms. The molecule has 2 heterocycles. The molecule has 0 amide bonds. The van der Waals surface area contributed by atoms with Crippen molar-refractivity contribution in [3.63, 3.8) is 0 Å². The molecule has 3 N–H and O–H groups in total. The van der Waals surface area contributed by atoms with Crippen LogP contribution in [0.1, 0.15) is 11.1 Å². The van der Waals surface area contributed by atoms with Crippen molar-refractivity contribution < 1.29 is 45.7 Å². The lowest BCUT2D eigenvalue weighted by Gasteiger charge is -2.12. The number of nitro groups is 2. The quantitative estimate of drug-likeness (QED) is 0.0547. The van der Waals surface area contributed by atoms with Crippen LogP contribution in [0.25, 0.3) is 21.5 Å². The Morgan fingerprint density at radius 1 is 0.679 bits per heavy atom. The van der Waals surface area contributed by atoms with Crippen LogP contribution in [0.4, 0.5) is 54.9 Å². The average Bonchev–Trinajstić information content (AvgIpc) is 3.03. The fourth-order valence-corrected chi connectivity index (χ4v) is 5.09. The maximum absolute atomic E-state index is 12.3. The molecule has 0 bridgehead atoms. The van der Waals surface area contributed by atoms with Crippen molar-refractivity contribution in [1.29, 1.82) is 0 Å². The van der Waals surface area contributed by atoms with Gasteiger partial charge in [0.2, 0.25) is 0 Å². The van der Waals surface area contributed by atoms with Gasteiger partial charge in [0.25, 0.3) is 11.4 Å². The summed E-state index contributed by atoms with van der Waals surface area (Å²) >= 11 is 5.85. The fourth-order valence-electron chi connectivity index (χ4n) is 4.86. The van der Waals surface area contributed by atoms with Gasteiger partial charge in [-0.15, -0.1) is 26.3 Å². The highest BCUT2D eigenvalue weighted by Gasteiger charge is 2.32. The molecule has 6 aromatic rings. The molecule has 12 nitrogen and oxygen atoms in total. The van der Waals surface area contributed by atoms with Crippen LogP contribution >= 0.6 is 11.6 Å². The van der Waals surface area contributed by atoms with E-state index in [0.29, 0.717) is 38.4 Å². The Hall–Kier alpha value is -6.43. The fraction of sp³-hybridized carbons (Fsp3) is 0.118. The predicted molar refractivity (Wildman–Crippen MR) is 185 cm³/mol. The van der Waals surface area contributed by atoms with E-state index in [1.54, 1.807) is 44.2 Å². The second kappa shape index (κ2) is 16.3. The third-order valence-electron chi connectivity index (χ3n) is 6.98. The van der Waals surface area contributed by atoms with Gasteiger partial charge in [-0.25, -0.2) is 9.97 Å². The highest BCUT2D eigenvalue weighted by atomic mass is 35.5. The molecule has 0 fully saturated rings. The number of rotatable bonds is 6. The van der Waals surface area contributed by atoms with Crippen molar-refractivity contribution in [1.82, 2.24) is 9.97 Å². The summed E-state index contributed by atoms with van der Waals surface area (Å²) < 4.78 is 79.4. The number of fused-ring (bicyclic) bond motifs is 2. The lowest BCUT2D eigenvalue weighted by molar-refractivity contribution is -0.383. The molecule has 276 valence electrons. The largest absolute Gasteiger partial charge is 0.573 e. The number of anilines is 3. The van der Waals surface area contributed by atoms with Gasteiger partial charge in [0, 0.05) is 57.8 Å². The highest BCUT2D eigenvalue weighted by molar-refractivity contribution is 6.34. The lowest BCUT2D eigenvalue weighted by Crippen LogP contribution is -2.17. The number of benzene rings is 4. The molecule has 19 heteroatoms. The predicted octanol–water partition coefficient (Wildman–Crippen LogP) is 10.4. The van der Waals surface area contributed by atoms with E-state index in [0.717, 1.165) is 12.1 Å². The van der Waals surface area contributed by atoms with E-state index in [9.17, 15) is 46.6 Å². The van der Waals surface area contributed by atoms with Crippen molar-refractivity contribution in [2.45, 2.75) is 26.6 Å². The van der Waals surface area contributed by atoms with Gasteiger partial charge in [0.15, 0.2) is 0 Å². The number of pyridine rings is 2. The van der Waals surface area contributed by atoms with Gasteiger partial charge in [-0.3, -0.25) is 20.2 Å². The zero-order valence-electron chi connectivity index (χ0n) is 27.2. The van der Waals surface area contributed by atoms with Gasteiger partial charge in [-0.2, -0.15) is 0 Å². The Labute approximate surface area is 300 Å². The summed E-state index contributed by atoms with van der Waals surface area (Å²) in [4.78, 5) is 29.4. The van der Waals surface area contributed by atoms with Crippen LogP contribution in [0.15, 0.2) is 97.3 Å². The number of nitro benzene ring substituents is 2. The summed E-state index contributed by atoms with van der Waals surface area (Å²) in [6.45, 7) is 3.33. The Bertz CT molecular complexity index is 2290. The molecule has 0 atom stereocenters. The summed E-state index contributed by atoms with van der Waals surface area (Å²) in [5.74, 6) is -0.401. The van der Waals surface area contributed by atoms with Crippen LogP contribution in [0.5, 0.6) is 11.5 Å². The van der Waals surface area contributed by atoms with E-state index in [-0.39, 0.29) is 39.5 Å². The third-order valence-corrected chi connectivity index (χ3v) is 7.28. The Morgan fingerprint density at radius 3 is 1.70 bits per heavy atom. The van der Waals surface area contributed by atoms with Crippen LogP contribution in [-0.4, -0.2) is 32.5 Å². The van der Waals surface area contributed by atoms with E-state index in [4.69, 9.17) is 17.3 Å². The molecule has 0 saturated heterocycles. The summed E-state index contributed by atoms with van der Waals surface area (Å²) in [6.07, 6.45) is -6.59. The molecule has 0 radical (unpaired) electrons. The lowest BCUT2D eigenvalue weighted by atomic mass is 10.1. The summed E-state index contributed by atoms with van der Waals surface area (Å²) in [6, 6.07) is 20.2. The van der Waals surface area contributed by atoms with Crippen molar-refractivity contribution in [3.8, 4) is 11.5 Å². The molecule has 0 unspecified atom stereocenters. The molecule has 0 aliphatic rings. The topological polar surface area (TPSA) is 169 Å². The first kappa shape index (κ1) is 39.4. The van der Waals surface area contributed by atoms with E-state index < -0.39 is 22.6 Å². The first-order valence-corrected chi connectivity index (χ1v) is 15.2. The minimum absolute atomic E-state index is 0.0397. The van der Waals surface area contributed by atoms with Gasteiger partial charge in [0.05, 0.1) is 20.6 Å². The average molecular weight is 763 g/mol. The van der Waals surface area contributed by atoms with Crippen LogP contribution in [0.3, 0.4) is 0 Å². The smallest absolute Gasteiger partial charge is 0.406 e. The second-order valence-electron chi connectivity index (χ2n) is 10.7. The molecule has 0 aliphatic carbocycles. The van der Waals surface area contributed by atoms with Gasteiger partial charge < -0.3 is 20.5 Å². The first-order valence-electron chi connectivity index (χ1n) is 14.8. The van der Waals surface area contributed by atoms with E-state index >= 15 is 0 Å². The standard InChI is InChI=1S/C17H12F3N3O3.C10H7ClN2O2.C7H6F3NO/c1-10-5-6-14-13(15(10)23(24)25)7-8-21-16(14)22-11-3-2-4-12(9-11)26-17(18,19)20;1-6-2-3-8-7(9(6)13(14)15)4-5-12-10(8)11;8-7(9,10)12-6-3-1-2-5(11)4-6/h2-9H,1H3,(H,21,22);2-5H,1H3;1-4H,11H2. The molecule has 0 aliphatic heterocycles. The summed E-state index contributed by atoms with van der Waals surface area (Å²) in [7, 11) is 0. The normalized spacial score (nSPS) is 11.1. The van der Waals surface area contributed by atoms with Gasteiger partial charge >= 0.3 is 12.7 Å². The zero-order valence-corrected chi connectivity index (χ0v) is 28.0. The van der Waals surface area contributed by atoms with Gasteiger partial charge in [-0.05, 0) is 56.3 Å². The van der Waals surface area contributed by atoms with Gasteiger partial charge in [-0.1, -0.05) is 41.9 Å². The monoisotopic (exact) mass is 762 g/mol. The number of nitrogen functional groups attached to an aromatic ring is 1. The molecular weight excluding hydrogens is 738 g/mol. The molecule has 4 aromatic carbocycles. The summed E-state index contributed by atoms with van der Waals surface area (Å²) in [5.41, 5.74) is 6.94. The third kappa shape index (κ3) is 10.8. The number of nitrogens with one attached hydrogen (secondary N) is 1. The van der Waals surface area contributed by atoms with Crippen molar-refractivity contribution in [2.75, 3.05) is 11.1 Å². The highest BCUT2D eigenvalue weighted by Crippen LogP contribution is 2.35. The van der Waals surface area contributed by atoms with E-state index in [2.05, 4.69) is 24.8 Å². The van der Waals surface area contributed by atoms with Crippen molar-refractivity contribution in [3.05, 3.63) is 134 Å². The molecule has 2 aromatic heterocycles. The first-order chi connectivity index (χ1) is 24.8. The molecule has 0 saturated carbocycles. The number of aromatic nitrogens is 2. The van der Waals surface area contributed by atoms with Crippen molar-refractivity contribution >= 4 is 61.7 Å². The number of hydrogen-bond acceptors (Lipinski definition) is 10. The Balaban J connectivity index is 0.000000196. The molecular formula is C34H25ClF6N6O6.